The van der Waals surface area contributed by atoms with Gasteiger partial charge in [0.1, 0.15) is 11.4 Å². The van der Waals surface area contributed by atoms with Gasteiger partial charge in [0.2, 0.25) is 0 Å². The molecule has 3 N–H and O–H groups in total. The van der Waals surface area contributed by atoms with Crippen molar-refractivity contribution in [2.24, 2.45) is 0 Å². The highest BCUT2D eigenvalue weighted by Crippen LogP contribution is 2.16. The van der Waals surface area contributed by atoms with Crippen LogP contribution in [0.25, 0.3) is 0 Å². The number of pyridine rings is 1. The summed E-state index contributed by atoms with van der Waals surface area (Å²) in [5, 5.41) is 7.30. The molecular formula is C14H19N5O2. The van der Waals surface area contributed by atoms with Crippen molar-refractivity contribution in [2.45, 2.75) is 20.4 Å². The average molecular weight is 289 g/mol. The maximum Gasteiger partial charge on any atom is 0.341 e. The van der Waals surface area contributed by atoms with Crippen molar-refractivity contribution in [3.8, 4) is 0 Å². The van der Waals surface area contributed by atoms with E-state index in [0.717, 1.165) is 5.56 Å². The van der Waals surface area contributed by atoms with Crippen LogP contribution in [0.15, 0.2) is 24.7 Å². The van der Waals surface area contributed by atoms with Crippen LogP contribution in [0.3, 0.4) is 0 Å². The lowest BCUT2D eigenvalue weighted by atomic mass is 10.2. The minimum absolute atomic E-state index is 0.305. The largest absolute Gasteiger partial charge is 0.462 e. The van der Waals surface area contributed by atoms with Gasteiger partial charge in [-0.3, -0.25) is 4.68 Å². The van der Waals surface area contributed by atoms with E-state index in [4.69, 9.17) is 10.5 Å². The summed E-state index contributed by atoms with van der Waals surface area (Å²) in [5.41, 5.74) is 7.54. The molecule has 2 heterocycles. The minimum atomic E-state index is -0.435. The van der Waals surface area contributed by atoms with Crippen molar-refractivity contribution < 1.29 is 9.53 Å². The zero-order valence-corrected chi connectivity index (χ0v) is 12.2. The Bertz CT molecular complexity index is 624. The molecule has 0 saturated heterocycles. The topological polar surface area (TPSA) is 95.1 Å². The first-order valence-corrected chi connectivity index (χ1v) is 6.75. The van der Waals surface area contributed by atoms with Crippen molar-refractivity contribution in [2.75, 3.05) is 24.2 Å². The van der Waals surface area contributed by atoms with Crippen LogP contribution in [0, 0.1) is 6.92 Å². The molecule has 0 aromatic carbocycles. The van der Waals surface area contributed by atoms with Gasteiger partial charge in [0.15, 0.2) is 0 Å². The van der Waals surface area contributed by atoms with E-state index in [0.29, 0.717) is 36.8 Å². The molecule has 7 nitrogen and oxygen atoms in total. The summed E-state index contributed by atoms with van der Waals surface area (Å²) < 4.78 is 6.82. The zero-order valence-electron chi connectivity index (χ0n) is 12.2. The smallest absolute Gasteiger partial charge is 0.341 e. The summed E-state index contributed by atoms with van der Waals surface area (Å²) in [4.78, 5) is 16.0. The lowest BCUT2D eigenvalue weighted by Crippen LogP contribution is -2.16. The minimum Gasteiger partial charge on any atom is -0.462 e. The third-order valence-corrected chi connectivity index (χ3v) is 2.80. The highest BCUT2D eigenvalue weighted by molar-refractivity contribution is 5.95. The molecule has 0 amide bonds. The summed E-state index contributed by atoms with van der Waals surface area (Å²) in [5.74, 6) is 0.0289. The third kappa shape index (κ3) is 3.95. The number of anilines is 2. The Morgan fingerprint density at radius 1 is 1.48 bits per heavy atom. The fourth-order valence-electron chi connectivity index (χ4n) is 1.86. The molecule has 0 spiro atoms. The Balaban J connectivity index is 2.03. The number of nitrogens with one attached hydrogen (secondary N) is 1. The second-order valence-corrected chi connectivity index (χ2v) is 4.59. The number of hydrogen-bond donors (Lipinski definition) is 2. The molecule has 2 rings (SSSR count). The predicted molar refractivity (Wildman–Crippen MR) is 80.1 cm³/mol. The Kier molecular flexibility index (Phi) is 4.76. The van der Waals surface area contributed by atoms with Gasteiger partial charge in [-0.1, -0.05) is 0 Å². The zero-order chi connectivity index (χ0) is 15.2. The molecule has 0 aliphatic carbocycles. The maximum atomic E-state index is 11.9. The quantitative estimate of drug-likeness (QED) is 0.782. The van der Waals surface area contributed by atoms with Crippen LogP contribution >= 0.6 is 0 Å². The van der Waals surface area contributed by atoms with E-state index in [1.807, 2.05) is 17.8 Å². The number of nitrogen functional groups attached to an aromatic ring is 1. The molecule has 21 heavy (non-hydrogen) atoms. The molecule has 2 aromatic heterocycles. The standard InChI is InChI=1S/C14H19N5O2/c1-3-21-14(20)12-6-11(15)8-17-13(12)16-4-5-19-9-10(2)7-18-19/h6-9H,3-5,15H2,1-2H3,(H,16,17). The number of aromatic nitrogens is 3. The molecule has 0 aliphatic heterocycles. The Hall–Kier alpha value is -2.57. The van der Waals surface area contributed by atoms with Crippen LogP contribution in [-0.2, 0) is 11.3 Å². The number of hydrogen-bond acceptors (Lipinski definition) is 6. The summed E-state index contributed by atoms with van der Waals surface area (Å²) in [6, 6.07) is 1.56. The predicted octanol–water partition coefficient (Wildman–Crippen LogP) is 1.46. The van der Waals surface area contributed by atoms with Crippen molar-refractivity contribution in [1.82, 2.24) is 14.8 Å². The first kappa shape index (κ1) is 14.8. The number of nitrogens with two attached hydrogens (primary N) is 1. The Morgan fingerprint density at radius 2 is 2.29 bits per heavy atom. The van der Waals surface area contributed by atoms with E-state index < -0.39 is 5.97 Å². The van der Waals surface area contributed by atoms with Crippen LogP contribution < -0.4 is 11.1 Å². The number of ether oxygens (including phenoxy) is 1. The van der Waals surface area contributed by atoms with Gasteiger partial charge in [-0.05, 0) is 25.5 Å². The molecule has 0 unspecified atom stereocenters. The van der Waals surface area contributed by atoms with Gasteiger partial charge < -0.3 is 15.8 Å². The molecule has 0 fully saturated rings. The lowest BCUT2D eigenvalue weighted by Gasteiger charge is -2.11. The van der Waals surface area contributed by atoms with Gasteiger partial charge in [0, 0.05) is 12.7 Å². The first-order valence-electron chi connectivity index (χ1n) is 6.75. The van der Waals surface area contributed by atoms with E-state index in [2.05, 4.69) is 15.4 Å². The Morgan fingerprint density at radius 3 is 2.95 bits per heavy atom. The molecule has 0 saturated carbocycles. The van der Waals surface area contributed by atoms with Crippen LogP contribution in [0.1, 0.15) is 22.8 Å². The summed E-state index contributed by atoms with van der Waals surface area (Å²) in [7, 11) is 0. The van der Waals surface area contributed by atoms with Gasteiger partial charge in [-0.2, -0.15) is 5.10 Å². The van der Waals surface area contributed by atoms with Crippen molar-refractivity contribution in [3.63, 3.8) is 0 Å². The van der Waals surface area contributed by atoms with Crippen molar-refractivity contribution in [3.05, 3.63) is 35.8 Å². The number of carbonyl (C=O) groups excluding carboxylic acids is 1. The van der Waals surface area contributed by atoms with E-state index in [-0.39, 0.29) is 0 Å². The first-order chi connectivity index (χ1) is 10.1. The van der Waals surface area contributed by atoms with Gasteiger partial charge in [-0.25, -0.2) is 9.78 Å². The SMILES string of the molecule is CCOC(=O)c1cc(N)cnc1NCCn1cc(C)cn1. The summed E-state index contributed by atoms with van der Waals surface area (Å²) in [6.45, 7) is 5.30. The second kappa shape index (κ2) is 6.74. The monoisotopic (exact) mass is 289 g/mol. The number of esters is 1. The van der Waals surface area contributed by atoms with E-state index in [1.54, 1.807) is 19.2 Å². The van der Waals surface area contributed by atoms with Crippen LogP contribution in [0.4, 0.5) is 11.5 Å². The molecule has 0 aliphatic rings. The summed E-state index contributed by atoms with van der Waals surface area (Å²) >= 11 is 0. The highest BCUT2D eigenvalue weighted by atomic mass is 16.5. The fourth-order valence-corrected chi connectivity index (χ4v) is 1.86. The molecule has 2 aromatic rings. The average Bonchev–Trinajstić information content (AvgIpc) is 2.86. The summed E-state index contributed by atoms with van der Waals surface area (Å²) in [6.07, 6.45) is 5.25. The maximum absolute atomic E-state index is 11.9. The van der Waals surface area contributed by atoms with Gasteiger partial charge in [0.25, 0.3) is 0 Å². The van der Waals surface area contributed by atoms with E-state index >= 15 is 0 Å². The Labute approximate surface area is 123 Å². The third-order valence-electron chi connectivity index (χ3n) is 2.80. The van der Waals surface area contributed by atoms with Crippen LogP contribution in [0.2, 0.25) is 0 Å². The van der Waals surface area contributed by atoms with Gasteiger partial charge in [-0.15, -0.1) is 0 Å². The van der Waals surface area contributed by atoms with Crippen LogP contribution in [-0.4, -0.2) is 33.9 Å². The van der Waals surface area contributed by atoms with Crippen LogP contribution in [0.5, 0.6) is 0 Å². The van der Waals surface area contributed by atoms with Crippen molar-refractivity contribution in [1.29, 1.82) is 0 Å². The number of aryl methyl sites for hydroxylation is 1. The highest BCUT2D eigenvalue weighted by Gasteiger charge is 2.14. The number of rotatable bonds is 6. The van der Waals surface area contributed by atoms with Gasteiger partial charge in [0.05, 0.1) is 31.2 Å². The normalized spacial score (nSPS) is 10.4. The fraction of sp³-hybridized carbons (Fsp3) is 0.357. The van der Waals surface area contributed by atoms with E-state index in [1.165, 1.54) is 6.20 Å². The number of carbonyl (C=O) groups is 1. The molecule has 112 valence electrons. The second-order valence-electron chi connectivity index (χ2n) is 4.59. The number of nitrogens with zero attached hydrogens (tertiary/aromatic N) is 3. The molecular weight excluding hydrogens is 270 g/mol. The molecule has 7 heteroatoms. The molecule has 0 radical (unpaired) electrons. The van der Waals surface area contributed by atoms with Crippen molar-refractivity contribution >= 4 is 17.5 Å². The molecule has 0 bridgehead atoms. The lowest BCUT2D eigenvalue weighted by molar-refractivity contribution is 0.0527. The molecule has 0 atom stereocenters. The van der Waals surface area contributed by atoms with E-state index in [9.17, 15) is 4.79 Å². The van der Waals surface area contributed by atoms with Gasteiger partial charge >= 0.3 is 5.97 Å².